The van der Waals surface area contributed by atoms with Crippen molar-refractivity contribution in [2.45, 2.75) is 84.3 Å². The molecule has 1 fully saturated rings. The molecule has 1 aromatic heterocycles. The predicted octanol–water partition coefficient (Wildman–Crippen LogP) is 4.41. The highest BCUT2D eigenvalue weighted by atomic mass is 16.5. The summed E-state index contributed by atoms with van der Waals surface area (Å²) in [4.78, 5) is 16.8. The third kappa shape index (κ3) is 5.81. The molecule has 1 aliphatic rings. The maximum Gasteiger partial charge on any atom is 0.223 e. The van der Waals surface area contributed by atoms with Crippen LogP contribution in [0.5, 0.6) is 5.88 Å². The van der Waals surface area contributed by atoms with E-state index in [0.29, 0.717) is 11.9 Å². The molecule has 0 atom stereocenters. The van der Waals surface area contributed by atoms with Gasteiger partial charge in [-0.1, -0.05) is 32.8 Å². The Morgan fingerprint density at radius 2 is 1.88 bits per heavy atom. The first-order chi connectivity index (χ1) is 11.6. The van der Waals surface area contributed by atoms with E-state index in [9.17, 15) is 4.79 Å². The molecule has 0 spiro atoms. The van der Waals surface area contributed by atoms with Gasteiger partial charge < -0.3 is 10.1 Å². The number of nitrogens with one attached hydrogen (secondary N) is 1. The lowest BCUT2D eigenvalue weighted by molar-refractivity contribution is -0.126. The lowest BCUT2D eigenvalue weighted by Gasteiger charge is -2.30. The van der Waals surface area contributed by atoms with Crippen molar-refractivity contribution < 1.29 is 9.53 Å². The van der Waals surface area contributed by atoms with Gasteiger partial charge in [-0.2, -0.15) is 0 Å². The first-order valence-corrected chi connectivity index (χ1v) is 9.52. The monoisotopic (exact) mass is 332 g/mol. The van der Waals surface area contributed by atoms with Crippen molar-refractivity contribution in [3.05, 3.63) is 23.9 Å². The number of amides is 1. The van der Waals surface area contributed by atoms with E-state index in [-0.39, 0.29) is 17.9 Å². The van der Waals surface area contributed by atoms with Crippen LogP contribution >= 0.6 is 0 Å². The van der Waals surface area contributed by atoms with Crippen LogP contribution in [0.4, 0.5) is 0 Å². The molecule has 1 heterocycles. The molecule has 134 valence electrons. The van der Waals surface area contributed by atoms with Gasteiger partial charge in [-0.15, -0.1) is 0 Å². The number of ether oxygens (including phenoxy) is 1. The Kier molecular flexibility index (Phi) is 7.54. The van der Waals surface area contributed by atoms with Gasteiger partial charge >= 0.3 is 0 Å². The fourth-order valence-electron chi connectivity index (χ4n) is 3.44. The minimum Gasteiger partial charge on any atom is -0.474 e. The number of aryl methyl sites for hydroxylation is 1. The Balaban J connectivity index is 1.75. The smallest absolute Gasteiger partial charge is 0.223 e. The zero-order chi connectivity index (χ0) is 17.4. The number of nitrogens with zero attached hydrogens (tertiary/aromatic N) is 1. The summed E-state index contributed by atoms with van der Waals surface area (Å²) in [6.07, 6.45) is 10.1. The van der Waals surface area contributed by atoms with Crippen LogP contribution in [0.2, 0.25) is 0 Å². The summed E-state index contributed by atoms with van der Waals surface area (Å²) in [5, 5.41) is 3.27. The summed E-state index contributed by atoms with van der Waals surface area (Å²) in [6.45, 7) is 6.32. The second-order valence-electron chi connectivity index (χ2n) is 7.05. The highest BCUT2D eigenvalue weighted by molar-refractivity contribution is 5.78. The molecule has 0 aromatic carbocycles. The Morgan fingerprint density at radius 1 is 1.21 bits per heavy atom. The second-order valence-corrected chi connectivity index (χ2v) is 7.05. The Labute approximate surface area is 146 Å². The number of hydrogen-bond acceptors (Lipinski definition) is 3. The second kappa shape index (κ2) is 9.65. The standard InChI is InChI=1S/C20H32N2O2/c1-4-6-16(7-5-2)20(23)22-17-9-11-18(12-10-17)24-19-13-8-15(3)14-21-19/h8,13-14,16-18H,4-7,9-12H2,1-3H3,(H,22,23). The molecular formula is C20H32N2O2. The molecule has 4 nitrogen and oxygen atoms in total. The van der Waals surface area contributed by atoms with E-state index >= 15 is 0 Å². The van der Waals surface area contributed by atoms with Crippen LogP contribution in [0, 0.1) is 12.8 Å². The average Bonchev–Trinajstić information content (AvgIpc) is 2.58. The summed E-state index contributed by atoms with van der Waals surface area (Å²) in [5.74, 6) is 1.15. The SMILES string of the molecule is CCCC(CCC)C(=O)NC1CCC(Oc2ccc(C)cn2)CC1. The first kappa shape index (κ1) is 18.8. The van der Waals surface area contributed by atoms with Crippen molar-refractivity contribution in [1.82, 2.24) is 10.3 Å². The fraction of sp³-hybridized carbons (Fsp3) is 0.700. The summed E-state index contributed by atoms with van der Waals surface area (Å²) in [7, 11) is 0. The molecule has 2 rings (SSSR count). The molecule has 0 saturated heterocycles. The lowest BCUT2D eigenvalue weighted by atomic mass is 9.91. The van der Waals surface area contributed by atoms with E-state index in [1.165, 1.54) is 0 Å². The summed E-state index contributed by atoms with van der Waals surface area (Å²) in [6, 6.07) is 4.26. The summed E-state index contributed by atoms with van der Waals surface area (Å²) < 4.78 is 5.96. The van der Waals surface area contributed by atoms with Crippen LogP contribution in [0.15, 0.2) is 18.3 Å². The predicted molar refractivity (Wildman–Crippen MR) is 97.1 cm³/mol. The zero-order valence-corrected chi connectivity index (χ0v) is 15.4. The maximum atomic E-state index is 12.4. The minimum atomic E-state index is 0.186. The molecule has 1 amide bonds. The van der Waals surface area contributed by atoms with Crippen LogP contribution in [-0.2, 0) is 4.79 Å². The van der Waals surface area contributed by atoms with Crippen LogP contribution < -0.4 is 10.1 Å². The van der Waals surface area contributed by atoms with Gasteiger partial charge in [-0.05, 0) is 51.0 Å². The Hall–Kier alpha value is -1.58. The minimum absolute atomic E-state index is 0.186. The lowest BCUT2D eigenvalue weighted by Crippen LogP contribution is -2.42. The maximum absolute atomic E-state index is 12.4. The largest absolute Gasteiger partial charge is 0.474 e. The summed E-state index contributed by atoms with van der Waals surface area (Å²) in [5.41, 5.74) is 1.14. The highest BCUT2D eigenvalue weighted by Gasteiger charge is 2.26. The van der Waals surface area contributed by atoms with Gasteiger partial charge in [0.05, 0.1) is 0 Å². The van der Waals surface area contributed by atoms with Crippen molar-refractivity contribution >= 4 is 5.91 Å². The van der Waals surface area contributed by atoms with Crippen molar-refractivity contribution in [1.29, 1.82) is 0 Å². The van der Waals surface area contributed by atoms with E-state index in [1.807, 2.05) is 25.3 Å². The van der Waals surface area contributed by atoms with Gasteiger partial charge in [0, 0.05) is 24.2 Å². The topological polar surface area (TPSA) is 51.2 Å². The number of carbonyl (C=O) groups excluding carboxylic acids is 1. The molecule has 4 heteroatoms. The molecule has 0 unspecified atom stereocenters. The van der Waals surface area contributed by atoms with Crippen molar-refractivity contribution in [2.75, 3.05) is 0 Å². The summed E-state index contributed by atoms with van der Waals surface area (Å²) >= 11 is 0. The molecule has 1 saturated carbocycles. The molecule has 0 aliphatic heterocycles. The fourth-order valence-corrected chi connectivity index (χ4v) is 3.44. The molecule has 24 heavy (non-hydrogen) atoms. The molecule has 1 aromatic rings. The van der Waals surface area contributed by atoms with Gasteiger partial charge in [0.25, 0.3) is 0 Å². The number of rotatable bonds is 8. The van der Waals surface area contributed by atoms with E-state index < -0.39 is 0 Å². The molecular weight excluding hydrogens is 300 g/mol. The Morgan fingerprint density at radius 3 is 2.42 bits per heavy atom. The highest BCUT2D eigenvalue weighted by Crippen LogP contribution is 2.24. The number of pyridine rings is 1. The van der Waals surface area contributed by atoms with E-state index in [0.717, 1.165) is 56.9 Å². The van der Waals surface area contributed by atoms with Gasteiger partial charge in [0.1, 0.15) is 6.10 Å². The van der Waals surface area contributed by atoms with E-state index in [2.05, 4.69) is 24.1 Å². The van der Waals surface area contributed by atoms with Crippen molar-refractivity contribution in [2.24, 2.45) is 5.92 Å². The normalized spacial score (nSPS) is 20.8. The molecule has 0 radical (unpaired) electrons. The number of carbonyl (C=O) groups is 1. The van der Waals surface area contributed by atoms with Crippen LogP contribution in [0.1, 0.15) is 70.8 Å². The molecule has 1 aliphatic carbocycles. The third-order valence-corrected chi connectivity index (χ3v) is 4.84. The van der Waals surface area contributed by atoms with Crippen molar-refractivity contribution in [3.63, 3.8) is 0 Å². The molecule has 0 bridgehead atoms. The van der Waals surface area contributed by atoms with Crippen LogP contribution in [-0.4, -0.2) is 23.0 Å². The number of aromatic nitrogens is 1. The van der Waals surface area contributed by atoms with E-state index in [4.69, 9.17) is 4.74 Å². The van der Waals surface area contributed by atoms with Gasteiger partial charge in [0.2, 0.25) is 11.8 Å². The first-order valence-electron chi connectivity index (χ1n) is 9.52. The Bertz CT molecular complexity index is 487. The van der Waals surface area contributed by atoms with Crippen LogP contribution in [0.3, 0.4) is 0 Å². The third-order valence-electron chi connectivity index (χ3n) is 4.84. The van der Waals surface area contributed by atoms with Crippen molar-refractivity contribution in [3.8, 4) is 5.88 Å². The van der Waals surface area contributed by atoms with Gasteiger partial charge in [-0.3, -0.25) is 4.79 Å². The van der Waals surface area contributed by atoms with Gasteiger partial charge in [-0.25, -0.2) is 4.98 Å². The van der Waals surface area contributed by atoms with Gasteiger partial charge in [0.15, 0.2) is 0 Å². The quantitative estimate of drug-likeness (QED) is 0.767. The average molecular weight is 332 g/mol. The zero-order valence-electron chi connectivity index (χ0n) is 15.4. The van der Waals surface area contributed by atoms with E-state index in [1.54, 1.807) is 0 Å². The number of hydrogen-bond donors (Lipinski definition) is 1. The molecule has 1 N–H and O–H groups in total. The van der Waals surface area contributed by atoms with Crippen LogP contribution in [0.25, 0.3) is 0 Å².